The maximum absolute atomic E-state index is 12.7. The van der Waals surface area contributed by atoms with Gasteiger partial charge in [-0.25, -0.2) is 9.59 Å². The first-order valence-electron chi connectivity index (χ1n) is 10.6. The van der Waals surface area contributed by atoms with E-state index in [0.717, 1.165) is 12.8 Å². The van der Waals surface area contributed by atoms with Crippen LogP contribution in [0.2, 0.25) is 0 Å². The van der Waals surface area contributed by atoms with E-state index in [2.05, 4.69) is 21.3 Å². The summed E-state index contributed by atoms with van der Waals surface area (Å²) in [6.45, 7) is 3.45. The van der Waals surface area contributed by atoms with Crippen LogP contribution < -0.4 is 26.0 Å². The predicted molar refractivity (Wildman–Crippen MR) is 124 cm³/mol. The summed E-state index contributed by atoms with van der Waals surface area (Å²) in [6, 6.07) is 13.2. The summed E-state index contributed by atoms with van der Waals surface area (Å²) in [6.07, 6.45) is 1.56. The number of ether oxygens (including phenoxy) is 1. The molecule has 0 unspecified atom stereocenters. The Morgan fingerprint density at radius 1 is 1.00 bits per heavy atom. The van der Waals surface area contributed by atoms with E-state index in [9.17, 15) is 14.4 Å². The van der Waals surface area contributed by atoms with E-state index in [1.165, 1.54) is 0 Å². The topological polar surface area (TPSA) is 112 Å². The second-order valence-electron chi connectivity index (χ2n) is 7.50. The van der Waals surface area contributed by atoms with Gasteiger partial charge in [-0.1, -0.05) is 6.07 Å². The highest BCUT2D eigenvalue weighted by Crippen LogP contribution is 2.20. The fourth-order valence-electron chi connectivity index (χ4n) is 3.54. The average molecular weight is 440 g/mol. The van der Waals surface area contributed by atoms with Crippen LogP contribution in [0.4, 0.5) is 26.7 Å². The number of hydrogen-bond donors (Lipinski definition) is 4. The molecule has 1 fully saturated rings. The minimum absolute atomic E-state index is 0.0148. The van der Waals surface area contributed by atoms with Crippen molar-refractivity contribution in [2.24, 2.45) is 5.92 Å². The van der Waals surface area contributed by atoms with Crippen LogP contribution in [-0.4, -0.2) is 49.6 Å². The van der Waals surface area contributed by atoms with Gasteiger partial charge in [0.25, 0.3) is 0 Å². The minimum atomic E-state index is -0.403. The zero-order valence-electron chi connectivity index (χ0n) is 18.3. The van der Waals surface area contributed by atoms with Gasteiger partial charge in [0.15, 0.2) is 0 Å². The van der Waals surface area contributed by atoms with Crippen LogP contribution in [-0.2, 0) is 4.79 Å². The van der Waals surface area contributed by atoms with Gasteiger partial charge in [-0.15, -0.1) is 0 Å². The van der Waals surface area contributed by atoms with Gasteiger partial charge in [-0.3, -0.25) is 4.79 Å². The number of anilines is 3. The lowest BCUT2D eigenvalue weighted by Crippen LogP contribution is -2.46. The maximum Gasteiger partial charge on any atom is 0.323 e. The number of piperidine rings is 1. The van der Waals surface area contributed by atoms with Gasteiger partial charge in [0, 0.05) is 36.7 Å². The van der Waals surface area contributed by atoms with Crippen LogP contribution in [0, 0.1) is 5.92 Å². The third-order valence-corrected chi connectivity index (χ3v) is 5.15. The largest absolute Gasteiger partial charge is 0.497 e. The predicted octanol–water partition coefficient (Wildman–Crippen LogP) is 3.72. The van der Waals surface area contributed by atoms with Crippen molar-refractivity contribution in [1.29, 1.82) is 0 Å². The molecule has 1 heterocycles. The zero-order chi connectivity index (χ0) is 22.9. The Kier molecular flexibility index (Phi) is 7.91. The second-order valence-corrected chi connectivity index (χ2v) is 7.50. The van der Waals surface area contributed by atoms with Crippen LogP contribution in [0.5, 0.6) is 5.75 Å². The molecule has 2 aromatic carbocycles. The van der Waals surface area contributed by atoms with Gasteiger partial charge in [-0.2, -0.15) is 0 Å². The van der Waals surface area contributed by atoms with Crippen molar-refractivity contribution in [1.82, 2.24) is 10.2 Å². The molecule has 1 saturated heterocycles. The third kappa shape index (κ3) is 6.37. The number of benzene rings is 2. The van der Waals surface area contributed by atoms with Crippen LogP contribution in [0.1, 0.15) is 19.8 Å². The van der Waals surface area contributed by atoms with Gasteiger partial charge in [-0.05, 0) is 62.2 Å². The fourth-order valence-corrected chi connectivity index (χ4v) is 3.54. The lowest BCUT2D eigenvalue weighted by atomic mass is 9.97. The first-order valence-corrected chi connectivity index (χ1v) is 10.6. The number of nitrogens with one attached hydrogen (secondary N) is 4. The molecule has 9 heteroatoms. The van der Waals surface area contributed by atoms with Gasteiger partial charge < -0.3 is 30.9 Å². The van der Waals surface area contributed by atoms with E-state index < -0.39 is 6.03 Å². The minimum Gasteiger partial charge on any atom is -0.497 e. The molecule has 0 saturated carbocycles. The first-order chi connectivity index (χ1) is 15.5. The third-order valence-electron chi connectivity index (χ3n) is 5.15. The summed E-state index contributed by atoms with van der Waals surface area (Å²) in [5.74, 6) is 0.494. The smallest absolute Gasteiger partial charge is 0.323 e. The Bertz CT molecular complexity index is 948. The van der Waals surface area contributed by atoms with Gasteiger partial charge in [0.05, 0.1) is 13.0 Å². The van der Waals surface area contributed by atoms with Crippen molar-refractivity contribution in [3.8, 4) is 5.75 Å². The summed E-state index contributed by atoms with van der Waals surface area (Å²) in [4.78, 5) is 38.7. The summed E-state index contributed by atoms with van der Waals surface area (Å²) in [5.41, 5.74) is 1.71. The fraction of sp³-hybridized carbons (Fsp3) is 0.348. The molecule has 0 radical (unpaired) electrons. The molecule has 0 aromatic heterocycles. The number of carbonyl (C=O) groups excluding carboxylic acids is 3. The average Bonchev–Trinajstić information content (AvgIpc) is 2.80. The van der Waals surface area contributed by atoms with Crippen LogP contribution in [0.3, 0.4) is 0 Å². The number of urea groups is 2. The van der Waals surface area contributed by atoms with E-state index in [1.54, 1.807) is 60.5 Å². The molecule has 0 bridgehead atoms. The normalized spacial score (nSPS) is 15.4. The van der Waals surface area contributed by atoms with E-state index in [4.69, 9.17) is 4.74 Å². The highest BCUT2D eigenvalue weighted by Gasteiger charge is 2.28. The zero-order valence-corrected chi connectivity index (χ0v) is 18.3. The second kappa shape index (κ2) is 11.0. The Morgan fingerprint density at radius 2 is 1.69 bits per heavy atom. The first kappa shape index (κ1) is 22.9. The molecule has 2 aromatic rings. The van der Waals surface area contributed by atoms with Gasteiger partial charge in [0.1, 0.15) is 5.75 Å². The SMILES string of the molecule is CCNC(=O)[C@@H]1CCCN(C(=O)Nc2cccc(NC(=O)Nc3ccc(OC)cc3)c2)C1. The number of rotatable bonds is 6. The van der Waals surface area contributed by atoms with E-state index >= 15 is 0 Å². The lowest BCUT2D eigenvalue weighted by Gasteiger charge is -2.32. The summed E-state index contributed by atoms with van der Waals surface area (Å²) < 4.78 is 5.10. The van der Waals surface area contributed by atoms with Crippen molar-refractivity contribution in [3.63, 3.8) is 0 Å². The summed E-state index contributed by atoms with van der Waals surface area (Å²) in [5, 5.41) is 11.2. The Labute approximate surface area is 187 Å². The standard InChI is InChI=1S/C23H29N5O4/c1-3-24-21(29)16-6-5-13-28(15-16)23(31)27-19-8-4-7-18(14-19)26-22(30)25-17-9-11-20(32-2)12-10-17/h4,7-12,14,16H,3,5-6,13,15H2,1-2H3,(H,24,29)(H,27,31)(H2,25,26,30)/t16-/m1/s1. The number of amides is 5. The van der Waals surface area contributed by atoms with E-state index in [0.29, 0.717) is 42.4 Å². The van der Waals surface area contributed by atoms with Crippen molar-refractivity contribution < 1.29 is 19.1 Å². The maximum atomic E-state index is 12.7. The summed E-state index contributed by atoms with van der Waals surface area (Å²) in [7, 11) is 1.58. The number of carbonyl (C=O) groups is 3. The molecule has 9 nitrogen and oxygen atoms in total. The number of likely N-dealkylation sites (tertiary alicyclic amines) is 1. The van der Waals surface area contributed by atoms with Crippen LogP contribution >= 0.6 is 0 Å². The van der Waals surface area contributed by atoms with E-state index in [-0.39, 0.29) is 17.9 Å². The molecular weight excluding hydrogens is 410 g/mol. The van der Waals surface area contributed by atoms with E-state index in [1.807, 2.05) is 6.92 Å². The molecule has 170 valence electrons. The molecule has 5 amide bonds. The van der Waals surface area contributed by atoms with Gasteiger partial charge >= 0.3 is 12.1 Å². The Hall–Kier alpha value is -3.75. The number of hydrogen-bond acceptors (Lipinski definition) is 4. The monoisotopic (exact) mass is 439 g/mol. The molecule has 4 N–H and O–H groups in total. The molecule has 1 atom stereocenters. The molecule has 3 rings (SSSR count). The number of methoxy groups -OCH3 is 1. The Balaban J connectivity index is 1.55. The van der Waals surface area contributed by atoms with Crippen molar-refractivity contribution in [2.75, 3.05) is 42.7 Å². The van der Waals surface area contributed by atoms with Crippen molar-refractivity contribution >= 4 is 35.0 Å². The molecular formula is C23H29N5O4. The van der Waals surface area contributed by atoms with Gasteiger partial charge in [0.2, 0.25) is 5.91 Å². The summed E-state index contributed by atoms with van der Waals surface area (Å²) >= 11 is 0. The number of nitrogens with zero attached hydrogens (tertiary/aromatic N) is 1. The molecule has 32 heavy (non-hydrogen) atoms. The highest BCUT2D eigenvalue weighted by atomic mass is 16.5. The molecule has 1 aliphatic rings. The van der Waals surface area contributed by atoms with Crippen molar-refractivity contribution in [2.45, 2.75) is 19.8 Å². The van der Waals surface area contributed by atoms with Crippen LogP contribution in [0.15, 0.2) is 48.5 Å². The lowest BCUT2D eigenvalue weighted by molar-refractivity contribution is -0.126. The molecule has 0 aliphatic carbocycles. The van der Waals surface area contributed by atoms with Crippen LogP contribution in [0.25, 0.3) is 0 Å². The van der Waals surface area contributed by atoms with Crippen molar-refractivity contribution in [3.05, 3.63) is 48.5 Å². The quantitative estimate of drug-likeness (QED) is 0.550. The molecule has 1 aliphatic heterocycles. The highest BCUT2D eigenvalue weighted by molar-refractivity contribution is 6.00. The molecule has 0 spiro atoms. The Morgan fingerprint density at radius 3 is 2.38 bits per heavy atom.